The largest absolute Gasteiger partial charge is 0.147 e. The van der Waals surface area contributed by atoms with E-state index in [0.29, 0.717) is 0 Å². The van der Waals surface area contributed by atoms with E-state index in [1.165, 1.54) is 0 Å². The van der Waals surface area contributed by atoms with Gasteiger partial charge in [-0.25, -0.2) is 0 Å². The minimum Gasteiger partial charge on any atom is -0.147 e. The first-order valence-electron chi connectivity index (χ1n) is 2.35. The van der Waals surface area contributed by atoms with Gasteiger partial charge in [0.05, 0.1) is 10.0 Å². The van der Waals surface area contributed by atoms with Gasteiger partial charge in [-0.3, -0.25) is 0 Å². The van der Waals surface area contributed by atoms with Crippen LogP contribution in [0.25, 0.3) is 0 Å². The lowest BCUT2D eigenvalue weighted by molar-refractivity contribution is 1.48. The Labute approximate surface area is 63.4 Å². The Bertz CT molecular complexity index is 202. The molecule has 1 aromatic rings. The summed E-state index contributed by atoms with van der Waals surface area (Å²) < 4.78 is 0. The van der Waals surface area contributed by atoms with E-state index >= 15 is 0 Å². The van der Waals surface area contributed by atoms with Crippen LogP contribution in [0.3, 0.4) is 0 Å². The lowest BCUT2D eigenvalue weighted by Gasteiger charge is -1.93. The highest BCUT2D eigenvalue weighted by molar-refractivity contribution is 6.38. The first-order chi connectivity index (χ1) is 4.22. The van der Waals surface area contributed by atoms with Crippen molar-refractivity contribution in [1.29, 1.82) is 0 Å². The monoisotopic (exact) mass is 159 g/mol. The lowest BCUT2D eigenvalue weighted by atomic mass is 10.3. The topological polar surface area (TPSA) is 22.3 Å². The molecular formula is C6H3Cl2N. The fourth-order valence-electron chi connectivity index (χ4n) is 0.489. The molecule has 0 atom stereocenters. The van der Waals surface area contributed by atoms with Crippen LogP contribution < -0.4 is 5.73 Å². The zero-order chi connectivity index (χ0) is 6.85. The van der Waals surface area contributed by atoms with E-state index < -0.39 is 0 Å². The molecule has 0 fully saturated rings. The maximum Gasteiger partial charge on any atom is 0.123 e. The maximum absolute atomic E-state index is 8.94. The molecule has 0 amide bonds. The van der Waals surface area contributed by atoms with Crippen molar-refractivity contribution in [2.45, 2.75) is 0 Å². The SMILES string of the molecule is [N]c1c(Cl)cccc1Cl. The Morgan fingerprint density at radius 1 is 1.11 bits per heavy atom. The molecule has 0 unspecified atom stereocenters. The Balaban J connectivity index is 3.25. The second-order valence-electron chi connectivity index (χ2n) is 1.57. The predicted molar refractivity (Wildman–Crippen MR) is 38.3 cm³/mol. The van der Waals surface area contributed by atoms with Gasteiger partial charge >= 0.3 is 0 Å². The van der Waals surface area contributed by atoms with Gasteiger partial charge in [-0.05, 0) is 12.1 Å². The normalized spacial score (nSPS) is 9.56. The molecule has 0 saturated carbocycles. The average Bonchev–Trinajstić information content (AvgIpc) is 1.83. The highest BCUT2D eigenvalue weighted by Crippen LogP contribution is 2.27. The molecule has 0 aromatic heterocycles. The van der Waals surface area contributed by atoms with E-state index in [-0.39, 0.29) is 15.7 Å². The second-order valence-corrected chi connectivity index (χ2v) is 2.38. The molecule has 46 valence electrons. The Hall–Kier alpha value is -0.400. The van der Waals surface area contributed by atoms with Crippen LogP contribution in [-0.2, 0) is 0 Å². The van der Waals surface area contributed by atoms with Crippen LogP contribution in [-0.4, -0.2) is 0 Å². The van der Waals surface area contributed by atoms with E-state index in [1.807, 2.05) is 0 Å². The van der Waals surface area contributed by atoms with E-state index in [2.05, 4.69) is 0 Å². The van der Waals surface area contributed by atoms with E-state index in [1.54, 1.807) is 18.2 Å². The number of hydrogen-bond acceptors (Lipinski definition) is 0. The standard InChI is InChI=1S/C6H3Cl2N/c7-4-2-1-3-5(8)6(4)9/h1-3H. The third-order valence-corrected chi connectivity index (χ3v) is 1.55. The average molecular weight is 160 g/mol. The fourth-order valence-corrected chi connectivity index (χ4v) is 0.886. The van der Waals surface area contributed by atoms with Crippen molar-refractivity contribution in [3.63, 3.8) is 0 Å². The molecule has 0 bridgehead atoms. The summed E-state index contributed by atoms with van der Waals surface area (Å²) >= 11 is 11.0. The molecule has 0 spiro atoms. The summed E-state index contributed by atoms with van der Waals surface area (Å²) in [6.07, 6.45) is 0. The summed E-state index contributed by atoms with van der Waals surface area (Å²) in [7, 11) is 0. The number of halogens is 2. The van der Waals surface area contributed by atoms with E-state index in [9.17, 15) is 0 Å². The van der Waals surface area contributed by atoms with Crippen LogP contribution in [0.1, 0.15) is 0 Å². The van der Waals surface area contributed by atoms with Gasteiger partial charge in [-0.15, -0.1) is 5.73 Å². The molecule has 1 nitrogen and oxygen atoms in total. The van der Waals surface area contributed by atoms with E-state index in [4.69, 9.17) is 28.9 Å². The third-order valence-electron chi connectivity index (χ3n) is 0.938. The molecule has 0 N–H and O–H groups in total. The highest BCUT2D eigenvalue weighted by atomic mass is 35.5. The van der Waals surface area contributed by atoms with Crippen LogP contribution in [0.4, 0.5) is 5.69 Å². The van der Waals surface area contributed by atoms with Crippen molar-refractivity contribution in [2.75, 3.05) is 0 Å². The molecule has 2 radical (unpaired) electrons. The second kappa shape index (κ2) is 2.46. The predicted octanol–water partition coefficient (Wildman–Crippen LogP) is 2.69. The molecule has 0 saturated heterocycles. The molecule has 1 aromatic carbocycles. The minimum absolute atomic E-state index is 0.0548. The van der Waals surface area contributed by atoms with Crippen molar-refractivity contribution >= 4 is 28.9 Å². The van der Waals surface area contributed by atoms with E-state index in [0.717, 1.165) is 0 Å². The van der Waals surface area contributed by atoms with Crippen molar-refractivity contribution < 1.29 is 0 Å². The molecule has 0 aliphatic heterocycles. The lowest BCUT2D eigenvalue weighted by Crippen LogP contribution is -1.72. The number of nitrogens with zero attached hydrogens (tertiary/aromatic N) is 1. The first-order valence-corrected chi connectivity index (χ1v) is 3.10. The van der Waals surface area contributed by atoms with Gasteiger partial charge in [0.2, 0.25) is 0 Å². The Kier molecular flexibility index (Phi) is 1.84. The van der Waals surface area contributed by atoms with Crippen LogP contribution in [0.15, 0.2) is 18.2 Å². The summed E-state index contributed by atoms with van der Waals surface area (Å²) in [4.78, 5) is 0. The first kappa shape index (κ1) is 6.72. The number of benzene rings is 1. The molecule has 0 heterocycles. The van der Waals surface area contributed by atoms with Gasteiger partial charge in [-0.2, -0.15) is 0 Å². The van der Waals surface area contributed by atoms with Crippen molar-refractivity contribution in [3.05, 3.63) is 28.2 Å². The van der Waals surface area contributed by atoms with Crippen LogP contribution >= 0.6 is 23.2 Å². The van der Waals surface area contributed by atoms with Gasteiger partial charge in [0, 0.05) is 0 Å². The molecular weight excluding hydrogens is 157 g/mol. The summed E-state index contributed by atoms with van der Waals surface area (Å²) in [6.45, 7) is 0. The van der Waals surface area contributed by atoms with Gasteiger partial charge in [0.15, 0.2) is 0 Å². The maximum atomic E-state index is 8.94. The van der Waals surface area contributed by atoms with Crippen LogP contribution in [0.2, 0.25) is 10.0 Å². The van der Waals surface area contributed by atoms with Crippen molar-refractivity contribution in [2.24, 2.45) is 0 Å². The molecule has 0 aliphatic carbocycles. The molecule has 1 rings (SSSR count). The van der Waals surface area contributed by atoms with Gasteiger partial charge in [0.25, 0.3) is 0 Å². The van der Waals surface area contributed by atoms with Crippen LogP contribution in [0, 0.1) is 0 Å². The summed E-state index contributed by atoms with van der Waals surface area (Å²) in [5, 5.41) is 0.560. The minimum atomic E-state index is -0.0548. The summed E-state index contributed by atoms with van der Waals surface area (Å²) in [6, 6.07) is 4.82. The van der Waals surface area contributed by atoms with Gasteiger partial charge in [-0.1, -0.05) is 29.3 Å². The van der Waals surface area contributed by atoms with Crippen molar-refractivity contribution in [3.8, 4) is 0 Å². The van der Waals surface area contributed by atoms with Gasteiger partial charge in [0.1, 0.15) is 5.69 Å². The molecule has 3 heteroatoms. The number of rotatable bonds is 0. The van der Waals surface area contributed by atoms with Gasteiger partial charge < -0.3 is 0 Å². The number of hydrogen-bond donors (Lipinski definition) is 0. The molecule has 0 aliphatic rings. The Morgan fingerprint density at radius 3 is 1.89 bits per heavy atom. The molecule has 9 heavy (non-hydrogen) atoms. The zero-order valence-corrected chi connectivity index (χ0v) is 5.95. The highest BCUT2D eigenvalue weighted by Gasteiger charge is 1.99. The third kappa shape index (κ3) is 1.29. The smallest absolute Gasteiger partial charge is 0.123 e. The summed E-state index contributed by atoms with van der Waals surface area (Å²) in [5.74, 6) is 0. The van der Waals surface area contributed by atoms with Crippen LogP contribution in [0.5, 0.6) is 0 Å². The Morgan fingerprint density at radius 2 is 1.56 bits per heavy atom. The quantitative estimate of drug-likeness (QED) is 0.556. The summed E-state index contributed by atoms with van der Waals surface area (Å²) in [5.41, 5.74) is 8.89. The zero-order valence-electron chi connectivity index (χ0n) is 4.44. The fraction of sp³-hybridized carbons (Fsp3) is 0. The van der Waals surface area contributed by atoms with Crippen molar-refractivity contribution in [1.82, 2.24) is 5.73 Å².